The van der Waals surface area contributed by atoms with E-state index in [9.17, 15) is 19.2 Å². The molecule has 0 unspecified atom stereocenters. The van der Waals surface area contributed by atoms with Crippen molar-refractivity contribution in [1.82, 2.24) is 15.4 Å². The number of ether oxygens (including phenoxy) is 4. The standard InChI is InChI=1S/C17H27N5O8/c1-6-27-14(23)18-21(16(25)29-8-3)12-10-11-13(20(12)5)22(17(26)30-9-4)19-15(24)28-7-2/h10-11H,6-9H2,1-5H3,(H,18,23)(H,19,24). The maximum absolute atomic E-state index is 12.3. The quantitative estimate of drug-likeness (QED) is 0.518. The fourth-order valence-electron chi connectivity index (χ4n) is 2.22. The summed E-state index contributed by atoms with van der Waals surface area (Å²) in [5, 5.41) is 1.61. The summed E-state index contributed by atoms with van der Waals surface area (Å²) in [6, 6.07) is 2.83. The lowest BCUT2D eigenvalue weighted by Gasteiger charge is -2.25. The molecule has 0 saturated heterocycles. The van der Waals surface area contributed by atoms with Gasteiger partial charge in [0.15, 0.2) is 0 Å². The van der Waals surface area contributed by atoms with Crippen molar-refractivity contribution >= 4 is 36.0 Å². The van der Waals surface area contributed by atoms with Crippen molar-refractivity contribution in [3.63, 3.8) is 0 Å². The van der Waals surface area contributed by atoms with Crippen molar-refractivity contribution < 1.29 is 38.1 Å². The zero-order valence-electron chi connectivity index (χ0n) is 17.6. The summed E-state index contributed by atoms with van der Waals surface area (Å²) in [7, 11) is 1.49. The van der Waals surface area contributed by atoms with Crippen LogP contribution in [-0.4, -0.2) is 55.4 Å². The number of hydrogen-bond donors (Lipinski definition) is 2. The van der Waals surface area contributed by atoms with Gasteiger partial charge in [0.05, 0.1) is 26.4 Å². The van der Waals surface area contributed by atoms with E-state index in [4.69, 9.17) is 18.9 Å². The molecule has 0 aliphatic carbocycles. The monoisotopic (exact) mass is 429 g/mol. The zero-order valence-corrected chi connectivity index (χ0v) is 17.6. The van der Waals surface area contributed by atoms with Gasteiger partial charge in [-0.25, -0.2) is 30.0 Å². The van der Waals surface area contributed by atoms with Gasteiger partial charge in [-0.3, -0.25) is 0 Å². The fourth-order valence-corrected chi connectivity index (χ4v) is 2.22. The maximum Gasteiger partial charge on any atom is 0.434 e. The van der Waals surface area contributed by atoms with E-state index in [0.717, 1.165) is 10.0 Å². The Morgan fingerprint density at radius 3 is 1.37 bits per heavy atom. The molecule has 13 nitrogen and oxygen atoms in total. The summed E-state index contributed by atoms with van der Waals surface area (Å²) < 4.78 is 20.8. The van der Waals surface area contributed by atoms with E-state index >= 15 is 0 Å². The van der Waals surface area contributed by atoms with Crippen LogP contribution in [0.2, 0.25) is 0 Å². The van der Waals surface area contributed by atoms with E-state index in [-0.39, 0.29) is 38.1 Å². The van der Waals surface area contributed by atoms with Crippen LogP contribution in [0.3, 0.4) is 0 Å². The van der Waals surface area contributed by atoms with Gasteiger partial charge >= 0.3 is 24.4 Å². The molecule has 0 atom stereocenters. The number of carbonyl (C=O) groups excluding carboxylic acids is 4. The minimum Gasteiger partial charge on any atom is -0.449 e. The lowest BCUT2D eigenvalue weighted by atomic mass is 10.5. The van der Waals surface area contributed by atoms with Crippen molar-refractivity contribution in [2.75, 3.05) is 36.4 Å². The van der Waals surface area contributed by atoms with Crippen molar-refractivity contribution in [1.29, 1.82) is 0 Å². The van der Waals surface area contributed by atoms with E-state index in [1.165, 1.54) is 23.7 Å². The molecule has 4 amide bonds. The molecule has 0 aliphatic heterocycles. The predicted molar refractivity (Wildman–Crippen MR) is 105 cm³/mol. The zero-order chi connectivity index (χ0) is 22.7. The van der Waals surface area contributed by atoms with Crippen LogP contribution in [0.25, 0.3) is 0 Å². The summed E-state index contributed by atoms with van der Waals surface area (Å²) in [6.07, 6.45) is -3.56. The molecular weight excluding hydrogens is 402 g/mol. The van der Waals surface area contributed by atoms with Gasteiger partial charge in [0.1, 0.15) is 11.6 Å². The summed E-state index contributed by atoms with van der Waals surface area (Å²) >= 11 is 0. The average Bonchev–Trinajstić information content (AvgIpc) is 3.06. The van der Waals surface area contributed by atoms with Gasteiger partial charge in [-0.2, -0.15) is 10.0 Å². The van der Waals surface area contributed by atoms with Gasteiger partial charge in [0, 0.05) is 7.05 Å². The van der Waals surface area contributed by atoms with E-state index < -0.39 is 24.4 Å². The molecule has 1 aromatic heterocycles. The van der Waals surface area contributed by atoms with Gasteiger partial charge in [-0.05, 0) is 39.8 Å². The lowest BCUT2D eigenvalue weighted by Crippen LogP contribution is -2.49. The van der Waals surface area contributed by atoms with E-state index in [1.54, 1.807) is 27.7 Å². The first-order valence-corrected chi connectivity index (χ1v) is 9.26. The van der Waals surface area contributed by atoms with Gasteiger partial charge in [0.25, 0.3) is 0 Å². The number of aromatic nitrogens is 1. The van der Waals surface area contributed by atoms with Crippen LogP contribution in [0, 0.1) is 0 Å². The number of anilines is 2. The van der Waals surface area contributed by atoms with Crippen LogP contribution in [0.4, 0.5) is 30.8 Å². The number of amides is 4. The Morgan fingerprint density at radius 1 is 0.733 bits per heavy atom. The molecule has 0 aromatic carbocycles. The highest BCUT2D eigenvalue weighted by molar-refractivity contribution is 5.93. The second-order valence-electron chi connectivity index (χ2n) is 5.34. The van der Waals surface area contributed by atoms with Crippen LogP contribution < -0.4 is 20.9 Å². The molecular formula is C17H27N5O8. The number of hydrogen-bond acceptors (Lipinski definition) is 8. The molecule has 0 fully saturated rings. The van der Waals surface area contributed by atoms with E-state index in [1.807, 2.05) is 0 Å². The third-order valence-corrected chi connectivity index (χ3v) is 3.38. The van der Waals surface area contributed by atoms with Crippen LogP contribution in [-0.2, 0) is 26.0 Å². The fraction of sp³-hybridized carbons (Fsp3) is 0.529. The maximum atomic E-state index is 12.3. The number of carbonyl (C=O) groups is 4. The average molecular weight is 429 g/mol. The first kappa shape index (κ1) is 24.4. The number of nitrogens with zero attached hydrogens (tertiary/aromatic N) is 3. The van der Waals surface area contributed by atoms with Gasteiger partial charge in [0.2, 0.25) is 0 Å². The van der Waals surface area contributed by atoms with E-state index in [2.05, 4.69) is 10.9 Å². The van der Waals surface area contributed by atoms with Gasteiger partial charge in [-0.1, -0.05) is 0 Å². The Hall–Kier alpha value is -3.64. The molecule has 0 bridgehead atoms. The van der Waals surface area contributed by atoms with Crippen molar-refractivity contribution in [3.8, 4) is 0 Å². The Morgan fingerprint density at radius 2 is 1.07 bits per heavy atom. The van der Waals surface area contributed by atoms with Gasteiger partial charge < -0.3 is 23.5 Å². The predicted octanol–water partition coefficient (Wildman–Crippen LogP) is 2.27. The molecule has 0 saturated carbocycles. The number of nitrogens with one attached hydrogen (secondary N) is 2. The summed E-state index contributed by atoms with van der Waals surface area (Å²) in [6.45, 7) is 6.68. The molecule has 0 spiro atoms. The van der Waals surface area contributed by atoms with Crippen molar-refractivity contribution in [2.45, 2.75) is 27.7 Å². The second-order valence-corrected chi connectivity index (χ2v) is 5.34. The molecule has 168 valence electrons. The topological polar surface area (TPSA) is 141 Å². The van der Waals surface area contributed by atoms with E-state index in [0.29, 0.717) is 0 Å². The highest BCUT2D eigenvalue weighted by Crippen LogP contribution is 2.24. The Labute approximate surface area is 173 Å². The molecule has 1 rings (SSSR count). The SMILES string of the molecule is CCOC(=O)NN(C(=O)OCC)c1ccc(N(NC(=O)OCC)C(=O)OCC)n1C. The minimum absolute atomic E-state index is 0.0521. The largest absolute Gasteiger partial charge is 0.449 e. The smallest absolute Gasteiger partial charge is 0.434 e. The Balaban J connectivity index is 3.29. The van der Waals surface area contributed by atoms with Gasteiger partial charge in [-0.15, -0.1) is 0 Å². The lowest BCUT2D eigenvalue weighted by molar-refractivity contribution is 0.137. The number of rotatable bonds is 6. The van der Waals surface area contributed by atoms with Crippen LogP contribution in [0.15, 0.2) is 12.1 Å². The molecule has 0 aliphatic rings. The molecule has 0 radical (unpaired) electrons. The summed E-state index contributed by atoms with van der Waals surface area (Å²) in [5.74, 6) is 0.216. The van der Waals surface area contributed by atoms with Crippen molar-refractivity contribution in [2.24, 2.45) is 7.05 Å². The third kappa shape index (κ3) is 6.46. The Bertz CT molecular complexity index is 691. The minimum atomic E-state index is -0.890. The summed E-state index contributed by atoms with van der Waals surface area (Å²) in [5.41, 5.74) is 4.51. The summed E-state index contributed by atoms with van der Waals surface area (Å²) in [4.78, 5) is 48.4. The molecule has 1 aromatic rings. The van der Waals surface area contributed by atoms with Crippen molar-refractivity contribution in [3.05, 3.63) is 12.1 Å². The Kier molecular flexibility index (Phi) is 9.79. The number of hydrazine groups is 2. The first-order chi connectivity index (χ1) is 14.3. The van der Waals surface area contributed by atoms with Crippen LogP contribution in [0.5, 0.6) is 0 Å². The highest BCUT2D eigenvalue weighted by Gasteiger charge is 2.28. The first-order valence-electron chi connectivity index (χ1n) is 9.26. The molecule has 1 heterocycles. The highest BCUT2D eigenvalue weighted by atomic mass is 16.6. The third-order valence-electron chi connectivity index (χ3n) is 3.38. The van der Waals surface area contributed by atoms with Crippen LogP contribution in [0.1, 0.15) is 27.7 Å². The normalized spacial score (nSPS) is 9.90. The van der Waals surface area contributed by atoms with Crippen LogP contribution >= 0.6 is 0 Å². The second kappa shape index (κ2) is 12.0. The molecule has 13 heteroatoms. The molecule has 2 N–H and O–H groups in total. The molecule has 30 heavy (non-hydrogen) atoms.